The van der Waals surface area contributed by atoms with Crippen LogP contribution in [0, 0.1) is 0 Å². The van der Waals surface area contributed by atoms with Crippen molar-refractivity contribution < 1.29 is 63.2 Å². The number of aldehydes is 1. The van der Waals surface area contributed by atoms with E-state index in [1.54, 1.807) is 6.20 Å². The molecule has 2 saturated heterocycles. The summed E-state index contributed by atoms with van der Waals surface area (Å²) in [5.41, 5.74) is 3.87. The van der Waals surface area contributed by atoms with E-state index in [0.717, 1.165) is 65.1 Å². The molecule has 1 N–H and O–H groups in total. The topological polar surface area (TPSA) is 144 Å². The average molecular weight is 895 g/mol. The Labute approximate surface area is 364 Å². The number of fused-ring (bicyclic) bond motifs is 2. The van der Waals surface area contributed by atoms with E-state index in [1.165, 1.54) is 70.2 Å². The number of nitrogens with zero attached hydrogens (tertiary/aromatic N) is 5. The van der Waals surface area contributed by atoms with Crippen molar-refractivity contribution in [1.29, 1.82) is 0 Å². The number of carbonyl (C=O) groups is 4. The molecule has 0 spiro atoms. The number of rotatable bonds is 5. The maximum Gasteiger partial charge on any atom is 1.00 e. The van der Waals surface area contributed by atoms with E-state index < -0.39 is 17.9 Å². The number of benzene rings is 2. The molecule has 13 nitrogen and oxygen atoms in total. The first-order chi connectivity index (χ1) is 25.9. The van der Waals surface area contributed by atoms with Crippen LogP contribution in [0.15, 0.2) is 69.9 Å². The predicted octanol–water partition coefficient (Wildman–Crippen LogP) is 2.52. The molecule has 0 atom stereocenters. The van der Waals surface area contributed by atoms with Gasteiger partial charge in [-0.1, -0.05) is 45.7 Å². The van der Waals surface area contributed by atoms with Crippen LogP contribution in [0.1, 0.15) is 50.5 Å². The van der Waals surface area contributed by atoms with E-state index in [0.29, 0.717) is 5.56 Å². The van der Waals surface area contributed by atoms with Gasteiger partial charge in [0.15, 0.2) is 6.29 Å². The molecule has 0 bridgehead atoms. The normalized spacial score (nSPS) is 14.0. The molecule has 0 aliphatic carbocycles. The van der Waals surface area contributed by atoms with Crippen molar-refractivity contribution in [2.75, 3.05) is 65.4 Å². The van der Waals surface area contributed by atoms with Crippen molar-refractivity contribution in [2.24, 2.45) is 0 Å². The fourth-order valence-corrected chi connectivity index (χ4v) is 5.84. The molecule has 2 aliphatic rings. The second-order valence-electron chi connectivity index (χ2n) is 12.1. The van der Waals surface area contributed by atoms with Crippen molar-refractivity contribution in [3.63, 3.8) is 0 Å². The maximum atomic E-state index is 10.5. The van der Waals surface area contributed by atoms with Gasteiger partial charge in [-0.05, 0) is 67.2 Å². The van der Waals surface area contributed by atoms with Crippen LogP contribution in [0.5, 0.6) is 0 Å². The van der Waals surface area contributed by atoms with Gasteiger partial charge >= 0.3 is 41.5 Å². The summed E-state index contributed by atoms with van der Waals surface area (Å²) in [7, 11) is 4.32. The molecule has 3 radical (unpaired) electrons. The SMILES string of the molecule is CC(=O)OOC(C)=O.CCN1CCN(Cc2cnc3ccc(Br)cc3c2)CC1.CCN1CCNCC1.O=Cc1cnc2ccc(Br)cc2c1.[B-]OC(C)=O.[Na+]. The van der Waals surface area contributed by atoms with Gasteiger partial charge in [0.2, 0.25) is 5.97 Å². The first-order valence-corrected chi connectivity index (χ1v) is 19.1. The van der Waals surface area contributed by atoms with Gasteiger partial charge in [-0.3, -0.25) is 24.5 Å². The molecule has 2 aromatic heterocycles. The zero-order valence-electron chi connectivity index (χ0n) is 32.6. The zero-order chi connectivity index (χ0) is 39.9. The molecule has 2 aliphatic heterocycles. The van der Waals surface area contributed by atoms with Crippen LogP contribution in [0.4, 0.5) is 0 Å². The fraction of sp³-hybridized carbons (Fsp3) is 0.421. The summed E-state index contributed by atoms with van der Waals surface area (Å²) in [4.78, 5) is 63.5. The van der Waals surface area contributed by atoms with Crippen LogP contribution in [-0.2, 0) is 35.4 Å². The summed E-state index contributed by atoms with van der Waals surface area (Å²) in [5, 5.41) is 5.49. The molecule has 55 heavy (non-hydrogen) atoms. The number of piperazine rings is 2. The van der Waals surface area contributed by atoms with Gasteiger partial charge in [-0.15, -0.1) is 0 Å². The summed E-state index contributed by atoms with van der Waals surface area (Å²) in [6.45, 7) is 20.8. The van der Waals surface area contributed by atoms with E-state index in [-0.39, 0.29) is 29.6 Å². The van der Waals surface area contributed by atoms with Crippen LogP contribution < -0.4 is 34.9 Å². The molecule has 0 amide bonds. The molecule has 4 heterocycles. The van der Waals surface area contributed by atoms with E-state index in [4.69, 9.17) is 0 Å². The Morgan fingerprint density at radius 2 is 1.18 bits per heavy atom. The smallest absolute Gasteiger partial charge is 0.793 e. The van der Waals surface area contributed by atoms with E-state index in [2.05, 4.69) is 116 Å². The predicted molar refractivity (Wildman–Crippen MR) is 218 cm³/mol. The van der Waals surface area contributed by atoms with Crippen LogP contribution in [0.3, 0.4) is 0 Å². The third kappa shape index (κ3) is 21.3. The van der Waals surface area contributed by atoms with Crippen molar-refractivity contribution >= 4 is 85.9 Å². The van der Waals surface area contributed by atoms with Crippen LogP contribution in [-0.4, -0.2) is 122 Å². The van der Waals surface area contributed by atoms with Crippen molar-refractivity contribution in [3.8, 4) is 0 Å². The molecular formula is C38H49BBr2N6NaO7. The third-order valence-electron chi connectivity index (χ3n) is 7.92. The number of hydrogen-bond donors (Lipinski definition) is 1. The van der Waals surface area contributed by atoms with Crippen LogP contribution >= 0.6 is 31.9 Å². The second-order valence-corrected chi connectivity index (χ2v) is 13.9. The Balaban J connectivity index is 0.000000374. The number of aromatic nitrogens is 2. The van der Waals surface area contributed by atoms with Crippen LogP contribution in [0.25, 0.3) is 21.8 Å². The molecule has 2 aromatic carbocycles. The van der Waals surface area contributed by atoms with Crippen LogP contribution in [0.2, 0.25) is 0 Å². The average Bonchev–Trinajstić information content (AvgIpc) is 3.18. The first-order valence-electron chi connectivity index (χ1n) is 17.5. The Morgan fingerprint density at radius 3 is 1.62 bits per heavy atom. The van der Waals surface area contributed by atoms with E-state index >= 15 is 0 Å². The maximum absolute atomic E-state index is 10.5. The first kappa shape index (κ1) is 50.2. The minimum Gasteiger partial charge on any atom is -0.793 e. The van der Waals surface area contributed by atoms with Gasteiger partial charge in [-0.25, -0.2) is 19.4 Å². The Hall–Kier alpha value is -2.80. The number of nitrogens with one attached hydrogen (secondary N) is 1. The summed E-state index contributed by atoms with van der Waals surface area (Å²) >= 11 is 6.89. The van der Waals surface area contributed by atoms with Crippen molar-refractivity contribution in [2.45, 2.75) is 41.2 Å². The van der Waals surface area contributed by atoms with Gasteiger partial charge in [0, 0.05) is 117 Å². The number of halogens is 2. The quantitative estimate of drug-likeness (QED) is 0.136. The largest absolute Gasteiger partial charge is 1.00 e. The fourth-order valence-electron chi connectivity index (χ4n) is 5.08. The van der Waals surface area contributed by atoms with Gasteiger partial charge in [-0.2, -0.15) is 0 Å². The number of carbonyl (C=O) groups excluding carboxylic acids is 4. The summed E-state index contributed by atoms with van der Waals surface area (Å²) in [6.07, 6.45) is 4.39. The van der Waals surface area contributed by atoms with Gasteiger partial charge in [0.1, 0.15) is 0 Å². The summed E-state index contributed by atoms with van der Waals surface area (Å²) < 4.78 is 5.71. The summed E-state index contributed by atoms with van der Waals surface area (Å²) in [5.74, 6) is -1.74. The summed E-state index contributed by atoms with van der Waals surface area (Å²) in [6, 6.07) is 16.1. The number of likely N-dealkylation sites (N-methyl/N-ethyl adjacent to an activating group) is 2. The van der Waals surface area contributed by atoms with Gasteiger partial charge in [0.05, 0.1) is 11.0 Å². The minimum absolute atomic E-state index is 0. The Kier molecular flexibility index (Phi) is 26.1. The van der Waals surface area contributed by atoms with Crippen molar-refractivity contribution in [3.05, 3.63) is 81.0 Å². The minimum atomic E-state index is -0.639. The molecular weight excluding hydrogens is 846 g/mol. The zero-order valence-corrected chi connectivity index (χ0v) is 37.7. The third-order valence-corrected chi connectivity index (χ3v) is 8.90. The van der Waals surface area contributed by atoms with E-state index in [9.17, 15) is 19.2 Å². The molecule has 4 aromatic rings. The second kappa shape index (κ2) is 28.6. The number of hydrogen-bond acceptors (Lipinski definition) is 13. The standard InChI is InChI=1S/C16H20BrN3.C10H6BrNO.C6H14N2.C4H6O4.C2H3BO2.Na/c1-2-19-5-7-20(8-6-19)12-13-9-14-10-15(17)3-4-16(14)18-11-13;11-9-1-2-10-8(4-9)3-7(6-13)5-12-10;1-2-8-5-3-7-4-6-8;1-3(5)7-8-4(2)6;1-2(4)5-3;/h3-4,9-11H,2,5-8,12H2,1H3;1-6H;7H,2-6H2,1H3;1-2H3;1H3;/q;;;;-1;+1. The molecule has 0 saturated carbocycles. The molecule has 6 rings (SSSR count). The molecule has 17 heteroatoms. The monoisotopic (exact) mass is 893 g/mol. The van der Waals surface area contributed by atoms with Gasteiger partial charge < -0.3 is 27.8 Å². The van der Waals surface area contributed by atoms with Gasteiger partial charge in [0.25, 0.3) is 0 Å². The molecule has 2 fully saturated rings. The Bertz CT molecular complexity index is 1770. The molecule has 0 unspecified atom stereocenters. The van der Waals surface area contributed by atoms with E-state index in [1.807, 2.05) is 36.5 Å². The molecule has 291 valence electrons. The number of pyridine rings is 2. The Morgan fingerprint density at radius 1 is 0.727 bits per heavy atom. The van der Waals surface area contributed by atoms with Crippen molar-refractivity contribution in [1.82, 2.24) is 30.0 Å².